The lowest BCUT2D eigenvalue weighted by Crippen LogP contribution is -2.11. The smallest absolute Gasteiger partial charge is 0.0783 e. The van der Waals surface area contributed by atoms with Gasteiger partial charge in [0.1, 0.15) is 0 Å². The van der Waals surface area contributed by atoms with E-state index in [9.17, 15) is 0 Å². The van der Waals surface area contributed by atoms with Crippen molar-refractivity contribution in [2.45, 2.75) is 26.3 Å². The van der Waals surface area contributed by atoms with Gasteiger partial charge in [-0.1, -0.05) is 30.7 Å². The lowest BCUT2D eigenvalue weighted by Gasteiger charge is -2.06. The molecule has 4 heteroatoms. The Balaban J connectivity index is 2.23. The van der Waals surface area contributed by atoms with Gasteiger partial charge in [-0.05, 0) is 31.2 Å². The van der Waals surface area contributed by atoms with E-state index in [0.717, 1.165) is 24.3 Å². The van der Waals surface area contributed by atoms with Crippen molar-refractivity contribution in [2.75, 3.05) is 7.05 Å². The van der Waals surface area contributed by atoms with Crippen LogP contribution >= 0.6 is 0 Å². The first-order chi connectivity index (χ1) is 8.35. The van der Waals surface area contributed by atoms with Gasteiger partial charge in [-0.25, -0.2) is 4.68 Å². The summed E-state index contributed by atoms with van der Waals surface area (Å²) in [7, 11) is 1.92. The predicted octanol–water partition coefficient (Wildman–Crippen LogP) is 1.94. The predicted molar refractivity (Wildman–Crippen MR) is 68.1 cm³/mol. The highest BCUT2D eigenvalue weighted by Gasteiger charge is 2.04. The van der Waals surface area contributed by atoms with Crippen molar-refractivity contribution in [3.8, 4) is 5.69 Å². The summed E-state index contributed by atoms with van der Waals surface area (Å²) in [6.45, 7) is 2.96. The molecular formula is C13H18N4. The molecule has 0 aliphatic rings. The highest BCUT2D eigenvalue weighted by Crippen LogP contribution is 2.12. The first kappa shape index (κ1) is 11.8. The minimum atomic E-state index is 0.768. The number of aromatic nitrogens is 3. The van der Waals surface area contributed by atoms with E-state index in [2.05, 4.69) is 46.8 Å². The van der Waals surface area contributed by atoms with Gasteiger partial charge in [0.15, 0.2) is 0 Å². The molecule has 1 aromatic carbocycles. The maximum Gasteiger partial charge on any atom is 0.0783 e. The molecule has 2 aromatic rings. The largest absolute Gasteiger partial charge is 0.314 e. The van der Waals surface area contributed by atoms with E-state index in [1.54, 1.807) is 6.20 Å². The van der Waals surface area contributed by atoms with Gasteiger partial charge in [-0.2, -0.15) is 0 Å². The Bertz CT molecular complexity index is 459. The van der Waals surface area contributed by atoms with Gasteiger partial charge in [0, 0.05) is 6.54 Å². The number of rotatable bonds is 5. The molecule has 0 saturated carbocycles. The van der Waals surface area contributed by atoms with Gasteiger partial charge in [0.05, 0.1) is 17.6 Å². The van der Waals surface area contributed by atoms with E-state index < -0.39 is 0 Å². The van der Waals surface area contributed by atoms with E-state index in [-0.39, 0.29) is 0 Å². The Labute approximate surface area is 102 Å². The zero-order valence-electron chi connectivity index (χ0n) is 10.3. The van der Waals surface area contributed by atoms with Crippen LogP contribution in [0.4, 0.5) is 0 Å². The lowest BCUT2D eigenvalue weighted by atomic mass is 10.1. The van der Waals surface area contributed by atoms with Gasteiger partial charge in [-0.15, -0.1) is 5.10 Å². The number of hydrogen-bond acceptors (Lipinski definition) is 3. The van der Waals surface area contributed by atoms with Crippen LogP contribution in [0, 0.1) is 0 Å². The standard InChI is InChI=1S/C13H18N4/c1-3-4-11-5-7-12(8-6-11)17-13(9-14-2)10-15-16-17/h5-8,10,14H,3-4,9H2,1-2H3. The number of aryl methyl sites for hydroxylation is 1. The molecule has 0 bridgehead atoms. The van der Waals surface area contributed by atoms with Gasteiger partial charge in [0.2, 0.25) is 0 Å². The molecule has 0 fully saturated rings. The Morgan fingerprint density at radius 2 is 2.00 bits per heavy atom. The molecule has 0 spiro atoms. The van der Waals surface area contributed by atoms with Crippen LogP contribution < -0.4 is 5.32 Å². The van der Waals surface area contributed by atoms with Crippen molar-refractivity contribution >= 4 is 0 Å². The molecule has 0 aliphatic heterocycles. The average Bonchev–Trinajstić information content (AvgIpc) is 2.79. The highest BCUT2D eigenvalue weighted by atomic mass is 15.4. The molecule has 90 valence electrons. The second kappa shape index (κ2) is 5.59. The van der Waals surface area contributed by atoms with Crippen molar-refractivity contribution in [3.05, 3.63) is 41.7 Å². The fourth-order valence-corrected chi connectivity index (χ4v) is 1.87. The van der Waals surface area contributed by atoms with E-state index in [0.29, 0.717) is 0 Å². The molecule has 1 aromatic heterocycles. The van der Waals surface area contributed by atoms with E-state index >= 15 is 0 Å². The number of benzene rings is 1. The van der Waals surface area contributed by atoms with Crippen molar-refractivity contribution < 1.29 is 0 Å². The molecular weight excluding hydrogens is 212 g/mol. The first-order valence-electron chi connectivity index (χ1n) is 5.98. The SMILES string of the molecule is CCCc1ccc(-n2nncc2CNC)cc1. The minimum Gasteiger partial charge on any atom is -0.314 e. The average molecular weight is 230 g/mol. The van der Waals surface area contributed by atoms with Gasteiger partial charge in [0.25, 0.3) is 0 Å². The molecule has 0 amide bonds. The molecule has 0 radical (unpaired) electrons. The Morgan fingerprint density at radius 1 is 1.24 bits per heavy atom. The zero-order chi connectivity index (χ0) is 12.1. The van der Waals surface area contributed by atoms with Gasteiger partial charge < -0.3 is 5.32 Å². The Kier molecular flexibility index (Phi) is 3.88. The number of nitrogens with one attached hydrogen (secondary N) is 1. The molecule has 2 rings (SSSR count). The second-order valence-electron chi connectivity index (χ2n) is 4.08. The second-order valence-corrected chi connectivity index (χ2v) is 4.08. The molecule has 0 unspecified atom stereocenters. The van der Waals surface area contributed by atoms with Gasteiger partial charge in [-0.3, -0.25) is 0 Å². The zero-order valence-corrected chi connectivity index (χ0v) is 10.3. The van der Waals surface area contributed by atoms with Crippen molar-refractivity contribution in [3.63, 3.8) is 0 Å². The summed E-state index contributed by atoms with van der Waals surface area (Å²) in [6.07, 6.45) is 4.09. The fourth-order valence-electron chi connectivity index (χ4n) is 1.87. The third kappa shape index (κ3) is 2.71. The third-order valence-electron chi connectivity index (χ3n) is 2.70. The van der Waals surface area contributed by atoms with Gasteiger partial charge >= 0.3 is 0 Å². The van der Waals surface area contributed by atoms with Crippen molar-refractivity contribution in [1.29, 1.82) is 0 Å². The first-order valence-corrected chi connectivity index (χ1v) is 5.98. The van der Waals surface area contributed by atoms with E-state index in [1.807, 2.05) is 11.7 Å². The third-order valence-corrected chi connectivity index (χ3v) is 2.70. The van der Waals surface area contributed by atoms with E-state index in [4.69, 9.17) is 0 Å². The fraction of sp³-hybridized carbons (Fsp3) is 0.385. The van der Waals surface area contributed by atoms with E-state index in [1.165, 1.54) is 12.0 Å². The molecule has 4 nitrogen and oxygen atoms in total. The van der Waals surface area contributed by atoms with Crippen LogP contribution in [-0.2, 0) is 13.0 Å². The van der Waals surface area contributed by atoms with Crippen LogP contribution in [0.25, 0.3) is 5.69 Å². The number of nitrogens with zero attached hydrogens (tertiary/aromatic N) is 3. The minimum absolute atomic E-state index is 0.768. The van der Waals surface area contributed by atoms with Crippen molar-refractivity contribution in [1.82, 2.24) is 20.3 Å². The molecule has 1 N–H and O–H groups in total. The summed E-state index contributed by atoms with van der Waals surface area (Å²) >= 11 is 0. The molecule has 0 saturated heterocycles. The molecule has 0 atom stereocenters. The van der Waals surface area contributed by atoms with Crippen LogP contribution in [0.3, 0.4) is 0 Å². The van der Waals surface area contributed by atoms with Crippen LogP contribution in [0.15, 0.2) is 30.5 Å². The summed E-state index contributed by atoms with van der Waals surface area (Å²) in [6, 6.07) is 8.50. The maximum atomic E-state index is 4.11. The molecule has 1 heterocycles. The van der Waals surface area contributed by atoms with Crippen LogP contribution in [0.2, 0.25) is 0 Å². The number of hydrogen-bond donors (Lipinski definition) is 1. The monoisotopic (exact) mass is 230 g/mol. The topological polar surface area (TPSA) is 42.7 Å². The Hall–Kier alpha value is -1.68. The van der Waals surface area contributed by atoms with Crippen LogP contribution in [-0.4, -0.2) is 22.0 Å². The Morgan fingerprint density at radius 3 is 2.65 bits per heavy atom. The summed E-state index contributed by atoms with van der Waals surface area (Å²) in [5.74, 6) is 0. The summed E-state index contributed by atoms with van der Waals surface area (Å²) in [5.41, 5.74) is 3.50. The summed E-state index contributed by atoms with van der Waals surface area (Å²) < 4.78 is 1.87. The lowest BCUT2D eigenvalue weighted by molar-refractivity contribution is 0.714. The summed E-state index contributed by atoms with van der Waals surface area (Å²) in [5, 5.41) is 11.2. The van der Waals surface area contributed by atoms with Crippen molar-refractivity contribution in [2.24, 2.45) is 0 Å². The normalized spacial score (nSPS) is 10.7. The summed E-state index contributed by atoms with van der Waals surface area (Å²) in [4.78, 5) is 0. The molecule has 0 aliphatic carbocycles. The maximum absolute atomic E-state index is 4.11. The van der Waals surface area contributed by atoms with Crippen LogP contribution in [0.1, 0.15) is 24.6 Å². The van der Waals surface area contributed by atoms with Crippen LogP contribution in [0.5, 0.6) is 0 Å². The highest BCUT2D eigenvalue weighted by molar-refractivity contribution is 5.35. The quantitative estimate of drug-likeness (QED) is 0.853. The molecule has 17 heavy (non-hydrogen) atoms.